The average Bonchev–Trinajstić information content (AvgIpc) is 2.37. The molecule has 0 rings (SSSR count). The highest BCUT2D eigenvalue weighted by molar-refractivity contribution is 4.71. The second-order valence-corrected chi connectivity index (χ2v) is 2.90. The smallest absolute Gasteiger partial charge is 0.299 e. The molecular formula is C13H20O4. The number of ether oxygens (including phenoxy) is 4. The summed E-state index contributed by atoms with van der Waals surface area (Å²) in [6, 6.07) is 0. The summed E-state index contributed by atoms with van der Waals surface area (Å²) in [6.07, 6.45) is 4.70. The van der Waals surface area contributed by atoms with Gasteiger partial charge in [-0.25, -0.2) is 0 Å². The molecule has 0 aliphatic heterocycles. The third-order valence-electron chi connectivity index (χ3n) is 1.51. The van der Waals surface area contributed by atoms with Crippen LogP contribution in [0.15, 0.2) is 50.6 Å². The minimum absolute atomic E-state index is 0.228. The zero-order valence-electron chi connectivity index (χ0n) is 10.1. The van der Waals surface area contributed by atoms with Gasteiger partial charge in [-0.3, -0.25) is 18.9 Å². The maximum Gasteiger partial charge on any atom is 0.413 e. The molecule has 0 fully saturated rings. The third kappa shape index (κ3) is 6.86. The number of hydrogen-bond acceptors (Lipinski definition) is 4. The Hall–Kier alpha value is -1.20. The summed E-state index contributed by atoms with van der Waals surface area (Å²) in [5.41, 5.74) is 0. The molecule has 4 heteroatoms. The molecule has 0 unspecified atom stereocenters. The molecule has 0 amide bonds. The monoisotopic (exact) mass is 240 g/mol. The van der Waals surface area contributed by atoms with Crippen molar-refractivity contribution in [2.24, 2.45) is 0 Å². The van der Waals surface area contributed by atoms with Crippen LogP contribution < -0.4 is 0 Å². The molecule has 0 saturated heterocycles. The van der Waals surface area contributed by atoms with Crippen LogP contribution >= 0.6 is 0 Å². The normalized spacial score (nSPS) is 10.8. The summed E-state index contributed by atoms with van der Waals surface area (Å²) >= 11 is 0. The lowest BCUT2D eigenvalue weighted by Gasteiger charge is -2.30. The van der Waals surface area contributed by atoms with Gasteiger partial charge in [0.1, 0.15) is 0 Å². The van der Waals surface area contributed by atoms with Gasteiger partial charge < -0.3 is 0 Å². The van der Waals surface area contributed by atoms with E-state index in [4.69, 9.17) is 18.9 Å². The average molecular weight is 240 g/mol. The second-order valence-electron chi connectivity index (χ2n) is 2.90. The van der Waals surface area contributed by atoms with E-state index in [2.05, 4.69) is 26.3 Å². The van der Waals surface area contributed by atoms with Crippen molar-refractivity contribution >= 4 is 0 Å². The molecule has 0 N–H and O–H groups in total. The van der Waals surface area contributed by atoms with Crippen molar-refractivity contribution < 1.29 is 18.9 Å². The molecule has 96 valence electrons. The summed E-state index contributed by atoms with van der Waals surface area (Å²) in [5.74, 6) is 0. The number of rotatable bonds is 12. The summed E-state index contributed by atoms with van der Waals surface area (Å²) in [7, 11) is 0. The lowest BCUT2D eigenvalue weighted by atomic mass is 10.6. The van der Waals surface area contributed by atoms with E-state index >= 15 is 0 Å². The highest BCUT2D eigenvalue weighted by Gasteiger charge is 2.34. The van der Waals surface area contributed by atoms with E-state index < -0.39 is 6.16 Å². The molecule has 0 aliphatic rings. The maximum atomic E-state index is 5.36. The van der Waals surface area contributed by atoms with Gasteiger partial charge >= 0.3 is 6.16 Å². The fourth-order valence-electron chi connectivity index (χ4n) is 0.894. The second kappa shape index (κ2) is 9.99. The predicted octanol–water partition coefficient (Wildman–Crippen LogP) is 2.41. The lowest BCUT2D eigenvalue weighted by Crippen LogP contribution is -2.42. The van der Waals surface area contributed by atoms with E-state index in [0.717, 1.165) is 0 Å². The first-order valence-electron chi connectivity index (χ1n) is 5.24. The van der Waals surface area contributed by atoms with Gasteiger partial charge in [0.25, 0.3) is 0 Å². The van der Waals surface area contributed by atoms with Gasteiger partial charge in [-0.1, -0.05) is 24.3 Å². The molecular weight excluding hydrogens is 220 g/mol. The van der Waals surface area contributed by atoms with Crippen LogP contribution in [-0.4, -0.2) is 32.6 Å². The molecule has 0 aromatic heterocycles. The van der Waals surface area contributed by atoms with E-state index in [1.807, 2.05) is 0 Å². The Bertz CT molecular complexity index is 194. The first-order chi connectivity index (χ1) is 8.24. The van der Waals surface area contributed by atoms with Crippen LogP contribution in [0, 0.1) is 0 Å². The summed E-state index contributed by atoms with van der Waals surface area (Å²) in [6.45, 7) is 15.1. The quantitative estimate of drug-likeness (QED) is 0.388. The van der Waals surface area contributed by atoms with E-state index in [-0.39, 0.29) is 26.4 Å². The largest absolute Gasteiger partial charge is 0.413 e. The predicted molar refractivity (Wildman–Crippen MR) is 67.3 cm³/mol. The van der Waals surface area contributed by atoms with Crippen molar-refractivity contribution in [3.63, 3.8) is 0 Å². The topological polar surface area (TPSA) is 36.9 Å². The SMILES string of the molecule is C=CCOC(OCC=C)(OCC=C)OCC=C. The molecule has 0 saturated carbocycles. The van der Waals surface area contributed by atoms with Crippen LogP contribution in [0.5, 0.6) is 0 Å². The Kier molecular flexibility index (Phi) is 9.28. The van der Waals surface area contributed by atoms with E-state index in [0.29, 0.717) is 0 Å². The van der Waals surface area contributed by atoms with Crippen LogP contribution in [0.1, 0.15) is 0 Å². The third-order valence-corrected chi connectivity index (χ3v) is 1.51. The summed E-state index contributed by atoms with van der Waals surface area (Å²) in [4.78, 5) is 0. The maximum absolute atomic E-state index is 5.36. The van der Waals surface area contributed by atoms with Crippen molar-refractivity contribution in [2.45, 2.75) is 6.16 Å². The minimum Gasteiger partial charge on any atom is -0.299 e. The van der Waals surface area contributed by atoms with Crippen molar-refractivity contribution in [3.8, 4) is 0 Å². The standard InChI is InChI=1S/C13H20O4/c1-5-9-14-13(15-10-6-2,16-11-7-3)17-12-8-4/h5-8H,1-4,9-12H2. The Labute approximate surface area is 103 Å². The molecule has 0 radical (unpaired) electrons. The van der Waals surface area contributed by atoms with Gasteiger partial charge in [-0.05, 0) is 0 Å². The van der Waals surface area contributed by atoms with Crippen molar-refractivity contribution in [1.29, 1.82) is 0 Å². The van der Waals surface area contributed by atoms with Gasteiger partial charge in [-0.15, -0.1) is 26.3 Å². The van der Waals surface area contributed by atoms with Crippen molar-refractivity contribution in [1.82, 2.24) is 0 Å². The molecule has 17 heavy (non-hydrogen) atoms. The Balaban J connectivity index is 4.59. The van der Waals surface area contributed by atoms with E-state index in [1.165, 1.54) is 0 Å². The minimum atomic E-state index is -1.58. The molecule has 0 spiro atoms. The van der Waals surface area contributed by atoms with Crippen LogP contribution in [0.2, 0.25) is 0 Å². The van der Waals surface area contributed by atoms with Crippen LogP contribution in [0.25, 0.3) is 0 Å². The molecule has 0 atom stereocenters. The zero-order chi connectivity index (χ0) is 13.0. The number of hydrogen-bond donors (Lipinski definition) is 0. The molecule has 0 aromatic carbocycles. The molecule has 0 heterocycles. The van der Waals surface area contributed by atoms with Gasteiger partial charge in [0.15, 0.2) is 0 Å². The fraction of sp³-hybridized carbons (Fsp3) is 0.385. The molecule has 0 aromatic rings. The molecule has 0 aliphatic carbocycles. The molecule has 4 nitrogen and oxygen atoms in total. The van der Waals surface area contributed by atoms with Crippen LogP contribution in [0.4, 0.5) is 0 Å². The highest BCUT2D eigenvalue weighted by atomic mass is 17.0. The lowest BCUT2D eigenvalue weighted by molar-refractivity contribution is -0.490. The summed E-state index contributed by atoms with van der Waals surface area (Å²) < 4.78 is 21.4. The first kappa shape index (κ1) is 15.8. The highest BCUT2D eigenvalue weighted by Crippen LogP contribution is 2.18. The Morgan fingerprint density at radius 3 is 1.00 bits per heavy atom. The fourth-order valence-corrected chi connectivity index (χ4v) is 0.894. The van der Waals surface area contributed by atoms with Crippen molar-refractivity contribution in [3.05, 3.63) is 50.6 Å². The first-order valence-corrected chi connectivity index (χ1v) is 5.24. The Morgan fingerprint density at radius 2 is 0.824 bits per heavy atom. The van der Waals surface area contributed by atoms with Gasteiger partial charge in [0.2, 0.25) is 0 Å². The summed E-state index contributed by atoms with van der Waals surface area (Å²) in [5, 5.41) is 0. The van der Waals surface area contributed by atoms with Crippen LogP contribution in [-0.2, 0) is 18.9 Å². The molecule has 0 bridgehead atoms. The van der Waals surface area contributed by atoms with Crippen LogP contribution in [0.3, 0.4) is 0 Å². The van der Waals surface area contributed by atoms with E-state index in [9.17, 15) is 0 Å². The van der Waals surface area contributed by atoms with E-state index in [1.54, 1.807) is 24.3 Å². The Morgan fingerprint density at radius 1 is 0.588 bits per heavy atom. The van der Waals surface area contributed by atoms with Gasteiger partial charge in [0.05, 0.1) is 26.4 Å². The zero-order valence-corrected chi connectivity index (χ0v) is 10.1. The van der Waals surface area contributed by atoms with Gasteiger partial charge in [-0.2, -0.15) is 0 Å². The van der Waals surface area contributed by atoms with Crippen molar-refractivity contribution in [2.75, 3.05) is 26.4 Å². The van der Waals surface area contributed by atoms with Gasteiger partial charge in [0, 0.05) is 0 Å².